The van der Waals surface area contributed by atoms with Crippen molar-refractivity contribution in [1.29, 1.82) is 0 Å². The number of aromatic nitrogens is 2. The Bertz CT molecular complexity index is 314. The molecule has 1 atom stereocenters. The highest BCUT2D eigenvalue weighted by atomic mass is 19.4. The molecule has 1 rings (SSSR count). The number of aliphatic hydroxyl groups is 1. The summed E-state index contributed by atoms with van der Waals surface area (Å²) in [6, 6.07) is 1.76. The van der Waals surface area contributed by atoms with Gasteiger partial charge in [-0.1, -0.05) is 0 Å². The summed E-state index contributed by atoms with van der Waals surface area (Å²) >= 11 is 0. The van der Waals surface area contributed by atoms with Gasteiger partial charge >= 0.3 is 6.18 Å². The molecule has 0 amide bonds. The molecule has 0 aliphatic carbocycles. The average molecular weight is 265 g/mol. The summed E-state index contributed by atoms with van der Waals surface area (Å²) in [5.41, 5.74) is 0. The molecular formula is C11H18F3N3O. The maximum atomic E-state index is 11.8. The molecule has 4 nitrogen and oxygen atoms in total. The van der Waals surface area contributed by atoms with E-state index in [0.717, 1.165) is 0 Å². The van der Waals surface area contributed by atoms with Crippen LogP contribution in [0.1, 0.15) is 19.3 Å². The van der Waals surface area contributed by atoms with Crippen molar-refractivity contribution in [2.75, 3.05) is 13.1 Å². The first-order valence-corrected chi connectivity index (χ1v) is 5.90. The van der Waals surface area contributed by atoms with Gasteiger partial charge < -0.3 is 10.4 Å². The predicted molar refractivity (Wildman–Crippen MR) is 61.0 cm³/mol. The Kier molecular flexibility index (Phi) is 6.14. The lowest BCUT2D eigenvalue weighted by Gasteiger charge is -2.12. The molecule has 18 heavy (non-hydrogen) atoms. The van der Waals surface area contributed by atoms with E-state index >= 15 is 0 Å². The molecule has 2 N–H and O–H groups in total. The van der Waals surface area contributed by atoms with Crippen LogP contribution in [0.25, 0.3) is 0 Å². The van der Waals surface area contributed by atoms with E-state index in [1.165, 1.54) is 0 Å². The third-order valence-corrected chi connectivity index (χ3v) is 2.40. The number of rotatable bonds is 8. The van der Waals surface area contributed by atoms with E-state index in [1.807, 2.05) is 0 Å². The third-order valence-electron chi connectivity index (χ3n) is 2.40. The second-order valence-corrected chi connectivity index (χ2v) is 4.16. The predicted octanol–water partition coefficient (Wildman–Crippen LogP) is 1.57. The molecule has 0 bridgehead atoms. The monoisotopic (exact) mass is 265 g/mol. The summed E-state index contributed by atoms with van der Waals surface area (Å²) in [6.45, 7) is 1.21. The van der Waals surface area contributed by atoms with E-state index in [4.69, 9.17) is 0 Å². The van der Waals surface area contributed by atoms with Crippen molar-refractivity contribution in [3.8, 4) is 0 Å². The van der Waals surface area contributed by atoms with E-state index in [-0.39, 0.29) is 6.42 Å². The lowest BCUT2D eigenvalue weighted by Crippen LogP contribution is -2.31. The summed E-state index contributed by atoms with van der Waals surface area (Å²) in [5, 5.41) is 16.5. The highest BCUT2D eigenvalue weighted by molar-refractivity contribution is 4.78. The quantitative estimate of drug-likeness (QED) is 0.701. The van der Waals surface area contributed by atoms with Crippen LogP contribution in [0.4, 0.5) is 13.2 Å². The molecule has 0 radical (unpaired) electrons. The summed E-state index contributed by atoms with van der Waals surface area (Å²) in [4.78, 5) is 0. The lowest BCUT2D eigenvalue weighted by atomic mass is 10.2. The molecule has 0 aliphatic rings. The smallest absolute Gasteiger partial charge is 0.389 e. The van der Waals surface area contributed by atoms with Gasteiger partial charge in [0, 0.05) is 25.4 Å². The summed E-state index contributed by atoms with van der Waals surface area (Å²) in [5.74, 6) is 0. The maximum Gasteiger partial charge on any atom is 0.389 e. The van der Waals surface area contributed by atoms with Crippen LogP contribution in [0.2, 0.25) is 0 Å². The Balaban J connectivity index is 1.97. The number of nitrogens with zero attached hydrogens (tertiary/aromatic N) is 2. The van der Waals surface area contributed by atoms with Crippen LogP contribution >= 0.6 is 0 Å². The van der Waals surface area contributed by atoms with Crippen molar-refractivity contribution in [1.82, 2.24) is 15.1 Å². The van der Waals surface area contributed by atoms with Crippen molar-refractivity contribution in [3.63, 3.8) is 0 Å². The van der Waals surface area contributed by atoms with Crippen molar-refractivity contribution >= 4 is 0 Å². The molecule has 1 heterocycles. The molecule has 104 valence electrons. The molecule has 0 aromatic carbocycles. The Morgan fingerprint density at radius 2 is 2.11 bits per heavy atom. The van der Waals surface area contributed by atoms with Gasteiger partial charge in [-0.15, -0.1) is 0 Å². The minimum Gasteiger partial charge on any atom is -0.390 e. The van der Waals surface area contributed by atoms with Crippen LogP contribution in [0, 0.1) is 0 Å². The fourth-order valence-electron chi connectivity index (χ4n) is 1.53. The molecule has 0 spiro atoms. The number of hydrogen-bond donors (Lipinski definition) is 2. The van der Waals surface area contributed by atoms with Crippen LogP contribution in [-0.2, 0) is 6.54 Å². The first-order valence-electron chi connectivity index (χ1n) is 5.90. The molecule has 1 unspecified atom stereocenters. The largest absolute Gasteiger partial charge is 0.390 e. The van der Waals surface area contributed by atoms with Gasteiger partial charge in [0.25, 0.3) is 0 Å². The number of alkyl halides is 3. The molecule has 0 saturated heterocycles. The zero-order chi connectivity index (χ0) is 13.4. The second-order valence-electron chi connectivity index (χ2n) is 4.16. The fourth-order valence-corrected chi connectivity index (χ4v) is 1.53. The number of unbranched alkanes of at least 4 members (excludes halogenated alkanes) is 1. The van der Waals surface area contributed by atoms with Gasteiger partial charge in [-0.25, -0.2) is 0 Å². The molecule has 0 saturated carbocycles. The molecule has 0 aliphatic heterocycles. The Morgan fingerprint density at radius 3 is 2.72 bits per heavy atom. The Morgan fingerprint density at radius 1 is 1.33 bits per heavy atom. The standard InChI is InChI=1S/C11H18F3N3O/c12-11(13,14)4-1-2-5-15-8-10(18)9-17-7-3-6-16-17/h3,6-7,10,15,18H,1-2,4-5,8-9H2. The molecule has 1 aromatic heterocycles. The van der Waals surface area contributed by atoms with Gasteiger partial charge in [-0.2, -0.15) is 18.3 Å². The van der Waals surface area contributed by atoms with Crippen molar-refractivity contribution < 1.29 is 18.3 Å². The SMILES string of the molecule is OC(CNCCCCC(F)(F)F)Cn1cccn1. The Labute approximate surface area is 104 Å². The van der Waals surface area contributed by atoms with Crippen LogP contribution in [-0.4, -0.2) is 40.3 Å². The van der Waals surface area contributed by atoms with Crippen molar-refractivity contribution in [3.05, 3.63) is 18.5 Å². The topological polar surface area (TPSA) is 50.1 Å². The Hall–Kier alpha value is -1.08. The van der Waals surface area contributed by atoms with Gasteiger partial charge in [0.05, 0.1) is 12.6 Å². The number of aliphatic hydroxyl groups excluding tert-OH is 1. The minimum atomic E-state index is -4.07. The third kappa shape index (κ3) is 7.29. The zero-order valence-corrected chi connectivity index (χ0v) is 10.0. The molecule has 0 fully saturated rings. The van der Waals surface area contributed by atoms with Crippen LogP contribution in [0.15, 0.2) is 18.5 Å². The van der Waals surface area contributed by atoms with E-state index in [9.17, 15) is 18.3 Å². The highest BCUT2D eigenvalue weighted by Gasteiger charge is 2.25. The zero-order valence-electron chi connectivity index (χ0n) is 10.0. The van der Waals surface area contributed by atoms with Gasteiger partial charge in [-0.3, -0.25) is 4.68 Å². The normalized spacial score (nSPS) is 13.8. The molecule has 1 aromatic rings. The molecular weight excluding hydrogens is 247 g/mol. The van der Waals surface area contributed by atoms with E-state index in [0.29, 0.717) is 26.1 Å². The number of halogens is 3. The second kappa shape index (κ2) is 7.38. The fraction of sp³-hybridized carbons (Fsp3) is 0.727. The van der Waals surface area contributed by atoms with Gasteiger partial charge in [0.1, 0.15) is 0 Å². The van der Waals surface area contributed by atoms with E-state index in [2.05, 4.69) is 10.4 Å². The first kappa shape index (κ1) is 15.0. The summed E-state index contributed by atoms with van der Waals surface area (Å²) < 4.78 is 37.1. The minimum absolute atomic E-state index is 0.117. The maximum absolute atomic E-state index is 11.8. The summed E-state index contributed by atoms with van der Waals surface area (Å²) in [7, 11) is 0. The number of nitrogens with one attached hydrogen (secondary N) is 1. The van der Waals surface area contributed by atoms with Crippen LogP contribution in [0.3, 0.4) is 0 Å². The number of hydrogen-bond acceptors (Lipinski definition) is 3. The van der Waals surface area contributed by atoms with E-state index < -0.39 is 18.7 Å². The average Bonchev–Trinajstić information content (AvgIpc) is 2.74. The van der Waals surface area contributed by atoms with Crippen molar-refractivity contribution in [2.45, 2.75) is 38.1 Å². The van der Waals surface area contributed by atoms with Crippen molar-refractivity contribution in [2.24, 2.45) is 0 Å². The molecule has 7 heteroatoms. The van der Waals surface area contributed by atoms with E-state index in [1.54, 1.807) is 23.1 Å². The highest BCUT2D eigenvalue weighted by Crippen LogP contribution is 2.21. The lowest BCUT2D eigenvalue weighted by molar-refractivity contribution is -0.135. The van der Waals surface area contributed by atoms with Crippen LogP contribution < -0.4 is 5.32 Å². The first-order chi connectivity index (χ1) is 8.47. The van der Waals surface area contributed by atoms with Gasteiger partial charge in [0.2, 0.25) is 0 Å². The summed E-state index contributed by atoms with van der Waals surface area (Å²) in [6.07, 6.45) is -1.47. The van der Waals surface area contributed by atoms with Crippen LogP contribution in [0.5, 0.6) is 0 Å². The van der Waals surface area contributed by atoms with Gasteiger partial charge in [0.15, 0.2) is 0 Å². The van der Waals surface area contributed by atoms with Gasteiger partial charge in [-0.05, 0) is 25.5 Å².